The minimum atomic E-state index is -0.205. The Kier molecular flexibility index (Phi) is 8.14. The van der Waals surface area contributed by atoms with Crippen LogP contribution in [-0.2, 0) is 4.74 Å². The molecule has 0 aromatic carbocycles. The van der Waals surface area contributed by atoms with Gasteiger partial charge >= 0.3 is 0 Å². The normalized spacial score (nSPS) is 15.9. The first-order valence-corrected chi connectivity index (χ1v) is 5.52. The predicted molar refractivity (Wildman–Crippen MR) is 59.5 cm³/mol. The van der Waals surface area contributed by atoms with E-state index in [-0.39, 0.29) is 6.10 Å². The molecule has 3 nitrogen and oxygen atoms in total. The van der Waals surface area contributed by atoms with Crippen LogP contribution in [0.5, 0.6) is 0 Å². The molecule has 14 heavy (non-hydrogen) atoms. The van der Waals surface area contributed by atoms with Gasteiger partial charge in [-0.1, -0.05) is 6.92 Å². The lowest BCUT2D eigenvalue weighted by Gasteiger charge is -2.28. The van der Waals surface area contributed by atoms with Gasteiger partial charge in [-0.3, -0.25) is 4.90 Å². The standard InChI is InChI=1S/C11H25NO2/c1-5-10(2)12(8-9-14-4)7-6-11(3)13/h10-11,13H,5-9H2,1-4H3. The molecule has 0 heterocycles. The number of hydrogen-bond donors (Lipinski definition) is 1. The molecule has 0 aromatic heterocycles. The molecule has 86 valence electrons. The maximum atomic E-state index is 9.22. The number of aliphatic hydroxyl groups is 1. The second-order valence-electron chi connectivity index (χ2n) is 3.92. The summed E-state index contributed by atoms with van der Waals surface area (Å²) in [6.07, 6.45) is 1.78. The van der Waals surface area contributed by atoms with Crippen molar-refractivity contribution < 1.29 is 9.84 Å². The monoisotopic (exact) mass is 203 g/mol. The highest BCUT2D eigenvalue weighted by molar-refractivity contribution is 4.66. The second-order valence-corrected chi connectivity index (χ2v) is 3.92. The quantitative estimate of drug-likeness (QED) is 0.649. The SMILES string of the molecule is CCC(C)N(CCOC)CCC(C)O. The first kappa shape index (κ1) is 13.9. The molecule has 0 spiro atoms. The highest BCUT2D eigenvalue weighted by Gasteiger charge is 2.12. The summed E-state index contributed by atoms with van der Waals surface area (Å²) in [6.45, 7) is 8.92. The van der Waals surface area contributed by atoms with Crippen molar-refractivity contribution in [2.45, 2.75) is 45.8 Å². The Morgan fingerprint density at radius 3 is 2.36 bits per heavy atom. The fraction of sp³-hybridized carbons (Fsp3) is 1.00. The number of aliphatic hydroxyl groups excluding tert-OH is 1. The van der Waals surface area contributed by atoms with Crippen LogP contribution in [-0.4, -0.2) is 49.0 Å². The molecule has 0 aliphatic heterocycles. The molecule has 0 amide bonds. The van der Waals surface area contributed by atoms with E-state index in [1.54, 1.807) is 7.11 Å². The summed E-state index contributed by atoms with van der Waals surface area (Å²) < 4.78 is 5.07. The van der Waals surface area contributed by atoms with E-state index in [1.807, 2.05) is 6.92 Å². The first-order chi connectivity index (χ1) is 6.61. The molecule has 0 aliphatic carbocycles. The molecular weight excluding hydrogens is 178 g/mol. The van der Waals surface area contributed by atoms with Gasteiger partial charge in [-0.05, 0) is 26.7 Å². The fourth-order valence-electron chi connectivity index (χ4n) is 1.37. The molecule has 3 heteroatoms. The molecular formula is C11H25NO2. The number of hydrogen-bond acceptors (Lipinski definition) is 3. The molecule has 2 unspecified atom stereocenters. The number of rotatable bonds is 8. The van der Waals surface area contributed by atoms with Gasteiger partial charge in [-0.2, -0.15) is 0 Å². The molecule has 0 saturated carbocycles. The van der Waals surface area contributed by atoms with Gasteiger partial charge in [0.1, 0.15) is 0 Å². The Balaban J connectivity index is 3.84. The van der Waals surface area contributed by atoms with Crippen molar-refractivity contribution in [1.82, 2.24) is 4.90 Å². The number of methoxy groups -OCH3 is 1. The maximum absolute atomic E-state index is 9.22. The average Bonchev–Trinajstić information content (AvgIpc) is 2.16. The van der Waals surface area contributed by atoms with Crippen LogP contribution in [0.3, 0.4) is 0 Å². The van der Waals surface area contributed by atoms with Crippen molar-refractivity contribution in [1.29, 1.82) is 0 Å². The summed E-state index contributed by atoms with van der Waals surface area (Å²) in [6, 6.07) is 0.573. The number of nitrogens with zero attached hydrogens (tertiary/aromatic N) is 1. The van der Waals surface area contributed by atoms with Crippen molar-refractivity contribution in [3.8, 4) is 0 Å². The van der Waals surface area contributed by atoms with Crippen molar-refractivity contribution in [2.75, 3.05) is 26.8 Å². The minimum absolute atomic E-state index is 0.205. The lowest BCUT2D eigenvalue weighted by atomic mass is 10.2. The molecule has 0 fully saturated rings. The van der Waals surface area contributed by atoms with Gasteiger partial charge in [-0.25, -0.2) is 0 Å². The van der Waals surface area contributed by atoms with Crippen molar-refractivity contribution in [3.05, 3.63) is 0 Å². The smallest absolute Gasteiger partial charge is 0.0589 e. The van der Waals surface area contributed by atoms with Crippen LogP contribution in [0.15, 0.2) is 0 Å². The van der Waals surface area contributed by atoms with Crippen LogP contribution < -0.4 is 0 Å². The molecule has 0 aromatic rings. The highest BCUT2D eigenvalue weighted by Crippen LogP contribution is 2.05. The third kappa shape index (κ3) is 6.35. The Morgan fingerprint density at radius 2 is 1.93 bits per heavy atom. The van der Waals surface area contributed by atoms with E-state index < -0.39 is 0 Å². The Bertz CT molecular complexity index is 128. The van der Waals surface area contributed by atoms with Gasteiger partial charge < -0.3 is 9.84 Å². The van der Waals surface area contributed by atoms with E-state index in [2.05, 4.69) is 18.7 Å². The fourth-order valence-corrected chi connectivity index (χ4v) is 1.37. The highest BCUT2D eigenvalue weighted by atomic mass is 16.5. The summed E-state index contributed by atoms with van der Waals surface area (Å²) in [5.74, 6) is 0. The molecule has 0 radical (unpaired) electrons. The predicted octanol–water partition coefficient (Wildman–Crippen LogP) is 1.50. The molecule has 1 N–H and O–H groups in total. The largest absolute Gasteiger partial charge is 0.393 e. The Labute approximate surface area is 88.1 Å². The third-order valence-corrected chi connectivity index (χ3v) is 2.63. The molecule has 0 saturated heterocycles. The van der Waals surface area contributed by atoms with Crippen LogP contribution in [0.2, 0.25) is 0 Å². The van der Waals surface area contributed by atoms with E-state index in [0.717, 1.165) is 32.5 Å². The van der Waals surface area contributed by atoms with Crippen LogP contribution in [0.1, 0.15) is 33.6 Å². The summed E-state index contributed by atoms with van der Waals surface area (Å²) in [5.41, 5.74) is 0. The van der Waals surface area contributed by atoms with Crippen LogP contribution in [0.25, 0.3) is 0 Å². The zero-order valence-electron chi connectivity index (χ0n) is 9.99. The number of ether oxygens (including phenoxy) is 1. The van der Waals surface area contributed by atoms with Crippen LogP contribution >= 0.6 is 0 Å². The third-order valence-electron chi connectivity index (χ3n) is 2.63. The zero-order valence-corrected chi connectivity index (χ0v) is 9.99. The molecule has 2 atom stereocenters. The van der Waals surface area contributed by atoms with Crippen LogP contribution in [0, 0.1) is 0 Å². The summed E-state index contributed by atoms with van der Waals surface area (Å²) in [4.78, 5) is 2.37. The molecule has 0 rings (SSSR count). The van der Waals surface area contributed by atoms with Crippen molar-refractivity contribution >= 4 is 0 Å². The second kappa shape index (κ2) is 8.21. The minimum Gasteiger partial charge on any atom is -0.393 e. The van der Waals surface area contributed by atoms with Gasteiger partial charge in [-0.15, -0.1) is 0 Å². The lowest BCUT2D eigenvalue weighted by molar-refractivity contribution is 0.102. The molecule has 0 aliphatic rings. The Morgan fingerprint density at radius 1 is 1.29 bits per heavy atom. The van der Waals surface area contributed by atoms with Crippen molar-refractivity contribution in [3.63, 3.8) is 0 Å². The topological polar surface area (TPSA) is 32.7 Å². The maximum Gasteiger partial charge on any atom is 0.0589 e. The summed E-state index contributed by atoms with van der Waals surface area (Å²) in [5, 5.41) is 9.22. The van der Waals surface area contributed by atoms with Gasteiger partial charge in [0.05, 0.1) is 12.7 Å². The summed E-state index contributed by atoms with van der Waals surface area (Å²) in [7, 11) is 1.73. The summed E-state index contributed by atoms with van der Waals surface area (Å²) >= 11 is 0. The van der Waals surface area contributed by atoms with E-state index in [0.29, 0.717) is 6.04 Å². The zero-order chi connectivity index (χ0) is 11.0. The van der Waals surface area contributed by atoms with E-state index in [9.17, 15) is 5.11 Å². The van der Waals surface area contributed by atoms with Gasteiger partial charge in [0.2, 0.25) is 0 Å². The van der Waals surface area contributed by atoms with E-state index in [4.69, 9.17) is 4.74 Å². The molecule has 0 bridgehead atoms. The van der Waals surface area contributed by atoms with E-state index in [1.165, 1.54) is 0 Å². The van der Waals surface area contributed by atoms with Gasteiger partial charge in [0, 0.05) is 26.2 Å². The lowest BCUT2D eigenvalue weighted by Crippen LogP contribution is -2.37. The first-order valence-electron chi connectivity index (χ1n) is 5.52. The van der Waals surface area contributed by atoms with E-state index >= 15 is 0 Å². The van der Waals surface area contributed by atoms with Gasteiger partial charge in [0.15, 0.2) is 0 Å². The van der Waals surface area contributed by atoms with Crippen molar-refractivity contribution in [2.24, 2.45) is 0 Å². The Hall–Kier alpha value is -0.120. The average molecular weight is 203 g/mol. The van der Waals surface area contributed by atoms with Crippen LogP contribution in [0.4, 0.5) is 0 Å². The van der Waals surface area contributed by atoms with Gasteiger partial charge in [0.25, 0.3) is 0 Å².